The molecule has 0 aliphatic heterocycles. The molecule has 0 fully saturated rings. The maximum Gasteiger partial charge on any atom is 0.306 e. The van der Waals surface area contributed by atoms with Gasteiger partial charge in [-0.15, -0.1) is 0 Å². The average molecular weight is 539 g/mol. The van der Waals surface area contributed by atoms with Crippen LogP contribution >= 0.6 is 0 Å². The predicted molar refractivity (Wildman–Crippen MR) is 167 cm³/mol. The molecule has 0 saturated carbocycles. The molecule has 0 aliphatic rings. The number of carbonyl (C=O) groups is 1. The lowest BCUT2D eigenvalue weighted by atomic mass is 9.91. The summed E-state index contributed by atoms with van der Waals surface area (Å²) in [6.45, 7) is 7.38. The summed E-state index contributed by atoms with van der Waals surface area (Å²) in [6.07, 6.45) is 33.9. The molecule has 3 heteroatoms. The Balaban J connectivity index is 4.08. The maximum absolute atomic E-state index is 12.6. The van der Waals surface area contributed by atoms with Crippen LogP contribution in [0.3, 0.4) is 0 Å². The van der Waals surface area contributed by atoms with Gasteiger partial charge in [-0.2, -0.15) is 0 Å². The van der Waals surface area contributed by atoms with Crippen molar-refractivity contribution in [1.29, 1.82) is 0 Å². The van der Waals surface area contributed by atoms with Gasteiger partial charge in [0, 0.05) is 6.42 Å². The molecular weight excluding hydrogens is 468 g/mol. The number of ether oxygens (including phenoxy) is 1. The average Bonchev–Trinajstić information content (AvgIpc) is 2.91. The SMILES string of the molecule is CCCCCCCCCCCOC(=O)CC(CCCCCCCC)CCCC(O)CCCCCCCCC. The van der Waals surface area contributed by atoms with E-state index in [1.807, 2.05) is 0 Å². The van der Waals surface area contributed by atoms with E-state index in [1.165, 1.54) is 128 Å². The van der Waals surface area contributed by atoms with Gasteiger partial charge in [-0.1, -0.05) is 162 Å². The molecular formula is C35H70O3. The van der Waals surface area contributed by atoms with Crippen molar-refractivity contribution in [2.75, 3.05) is 6.61 Å². The van der Waals surface area contributed by atoms with E-state index < -0.39 is 0 Å². The van der Waals surface area contributed by atoms with Crippen molar-refractivity contribution in [1.82, 2.24) is 0 Å². The van der Waals surface area contributed by atoms with Crippen LogP contribution in [0.4, 0.5) is 0 Å². The largest absolute Gasteiger partial charge is 0.466 e. The van der Waals surface area contributed by atoms with E-state index in [9.17, 15) is 9.90 Å². The monoisotopic (exact) mass is 539 g/mol. The molecule has 0 bridgehead atoms. The number of hydrogen-bond acceptors (Lipinski definition) is 3. The molecule has 0 radical (unpaired) electrons. The van der Waals surface area contributed by atoms with Crippen molar-refractivity contribution in [2.45, 2.75) is 207 Å². The van der Waals surface area contributed by atoms with Gasteiger partial charge in [0.25, 0.3) is 0 Å². The number of carbonyl (C=O) groups excluding carboxylic acids is 1. The number of rotatable bonds is 31. The minimum absolute atomic E-state index is 0.00386. The van der Waals surface area contributed by atoms with E-state index in [0.29, 0.717) is 18.9 Å². The number of aliphatic hydroxyl groups excluding tert-OH is 1. The highest BCUT2D eigenvalue weighted by atomic mass is 16.5. The maximum atomic E-state index is 12.6. The van der Waals surface area contributed by atoms with Crippen molar-refractivity contribution in [3.05, 3.63) is 0 Å². The van der Waals surface area contributed by atoms with Crippen LogP contribution in [0.1, 0.15) is 201 Å². The Morgan fingerprint density at radius 2 is 0.868 bits per heavy atom. The molecule has 2 atom stereocenters. The fourth-order valence-electron chi connectivity index (χ4n) is 5.58. The van der Waals surface area contributed by atoms with Crippen LogP contribution in [0.25, 0.3) is 0 Å². The Morgan fingerprint density at radius 1 is 0.500 bits per heavy atom. The molecule has 228 valence electrons. The van der Waals surface area contributed by atoms with Gasteiger partial charge in [-0.25, -0.2) is 0 Å². The third-order valence-corrected chi connectivity index (χ3v) is 8.22. The quantitative estimate of drug-likeness (QED) is 0.0705. The van der Waals surface area contributed by atoms with E-state index in [-0.39, 0.29) is 12.1 Å². The third kappa shape index (κ3) is 28.4. The van der Waals surface area contributed by atoms with Gasteiger partial charge in [-0.3, -0.25) is 4.79 Å². The molecule has 1 N–H and O–H groups in total. The lowest BCUT2D eigenvalue weighted by Crippen LogP contribution is -2.14. The van der Waals surface area contributed by atoms with Gasteiger partial charge < -0.3 is 9.84 Å². The molecule has 3 nitrogen and oxygen atoms in total. The molecule has 0 aliphatic carbocycles. The summed E-state index contributed by atoms with van der Waals surface area (Å²) in [5.74, 6) is 0.423. The first-order valence-corrected chi connectivity index (χ1v) is 17.5. The van der Waals surface area contributed by atoms with E-state index in [1.54, 1.807) is 0 Å². The van der Waals surface area contributed by atoms with Crippen LogP contribution in [-0.4, -0.2) is 23.8 Å². The second-order valence-electron chi connectivity index (χ2n) is 12.2. The first-order valence-electron chi connectivity index (χ1n) is 17.5. The summed E-state index contributed by atoms with van der Waals surface area (Å²) in [5, 5.41) is 10.4. The van der Waals surface area contributed by atoms with Gasteiger partial charge >= 0.3 is 5.97 Å². The van der Waals surface area contributed by atoms with Crippen molar-refractivity contribution in [3.63, 3.8) is 0 Å². The number of esters is 1. The standard InChI is InChI=1S/C35H70O3/c1-4-7-10-13-16-17-19-22-25-31-38-35(37)32-33(27-23-20-15-12-9-6-3)28-26-30-34(36)29-24-21-18-14-11-8-5-2/h33-34,36H,4-32H2,1-3H3. The molecule has 38 heavy (non-hydrogen) atoms. The Bertz CT molecular complexity index is 464. The fraction of sp³-hybridized carbons (Fsp3) is 0.971. The zero-order valence-corrected chi connectivity index (χ0v) is 26.4. The minimum atomic E-state index is -0.168. The van der Waals surface area contributed by atoms with E-state index in [4.69, 9.17) is 4.74 Å². The molecule has 0 saturated heterocycles. The molecule has 2 unspecified atom stereocenters. The second-order valence-corrected chi connectivity index (χ2v) is 12.2. The molecule has 0 heterocycles. The summed E-state index contributed by atoms with van der Waals surface area (Å²) in [4.78, 5) is 12.6. The minimum Gasteiger partial charge on any atom is -0.466 e. The van der Waals surface area contributed by atoms with Gasteiger partial charge in [0.1, 0.15) is 0 Å². The molecule has 0 aromatic rings. The van der Waals surface area contributed by atoms with Crippen LogP contribution < -0.4 is 0 Å². The van der Waals surface area contributed by atoms with Crippen LogP contribution in [0.2, 0.25) is 0 Å². The van der Waals surface area contributed by atoms with Crippen molar-refractivity contribution in [3.8, 4) is 0 Å². The first-order chi connectivity index (χ1) is 18.6. The molecule has 0 rings (SSSR count). The number of hydrogen-bond donors (Lipinski definition) is 1. The van der Waals surface area contributed by atoms with Gasteiger partial charge in [0.15, 0.2) is 0 Å². The van der Waals surface area contributed by atoms with E-state index in [2.05, 4.69) is 20.8 Å². The summed E-state index contributed by atoms with van der Waals surface area (Å²) >= 11 is 0. The summed E-state index contributed by atoms with van der Waals surface area (Å²) < 4.78 is 5.63. The van der Waals surface area contributed by atoms with E-state index >= 15 is 0 Å². The van der Waals surface area contributed by atoms with Crippen molar-refractivity contribution < 1.29 is 14.6 Å². The van der Waals surface area contributed by atoms with Crippen molar-refractivity contribution in [2.24, 2.45) is 5.92 Å². The summed E-state index contributed by atoms with van der Waals surface area (Å²) in [6, 6.07) is 0. The van der Waals surface area contributed by atoms with Gasteiger partial charge in [0.05, 0.1) is 12.7 Å². The molecule has 0 amide bonds. The van der Waals surface area contributed by atoms with Crippen LogP contribution in [-0.2, 0) is 9.53 Å². The van der Waals surface area contributed by atoms with Crippen molar-refractivity contribution >= 4 is 5.97 Å². The number of aliphatic hydroxyl groups is 1. The molecule has 0 aromatic carbocycles. The van der Waals surface area contributed by atoms with Crippen LogP contribution in [0.15, 0.2) is 0 Å². The molecule has 0 aromatic heterocycles. The lowest BCUT2D eigenvalue weighted by Gasteiger charge is -2.18. The van der Waals surface area contributed by atoms with Gasteiger partial charge in [0.2, 0.25) is 0 Å². The Kier molecular flexibility index (Phi) is 30.5. The fourth-order valence-corrected chi connectivity index (χ4v) is 5.58. The zero-order chi connectivity index (χ0) is 27.9. The van der Waals surface area contributed by atoms with E-state index in [0.717, 1.165) is 44.9 Å². The third-order valence-electron chi connectivity index (χ3n) is 8.22. The Hall–Kier alpha value is -0.570. The van der Waals surface area contributed by atoms with Crippen LogP contribution in [0, 0.1) is 5.92 Å². The Labute approximate surface area is 239 Å². The second kappa shape index (κ2) is 31.0. The zero-order valence-electron chi connectivity index (χ0n) is 26.4. The predicted octanol–water partition coefficient (Wildman–Crippen LogP) is 11.5. The van der Waals surface area contributed by atoms with Gasteiger partial charge in [-0.05, 0) is 38.0 Å². The summed E-state index contributed by atoms with van der Waals surface area (Å²) in [5.41, 5.74) is 0. The van der Waals surface area contributed by atoms with Crippen LogP contribution in [0.5, 0.6) is 0 Å². The molecule has 0 spiro atoms. The summed E-state index contributed by atoms with van der Waals surface area (Å²) in [7, 11) is 0. The Morgan fingerprint density at radius 3 is 1.37 bits per heavy atom. The lowest BCUT2D eigenvalue weighted by molar-refractivity contribution is -0.145. The highest BCUT2D eigenvalue weighted by Crippen LogP contribution is 2.23. The first kappa shape index (κ1) is 37.4. The normalized spacial score (nSPS) is 13.1. The highest BCUT2D eigenvalue weighted by Gasteiger charge is 2.16. The number of unbranched alkanes of at least 4 members (excludes halogenated alkanes) is 19. The smallest absolute Gasteiger partial charge is 0.306 e. The topological polar surface area (TPSA) is 46.5 Å². The highest BCUT2D eigenvalue weighted by molar-refractivity contribution is 5.69.